The van der Waals surface area contributed by atoms with E-state index >= 15 is 0 Å². The first-order chi connectivity index (χ1) is 9.54. The standard InChI is InChI=1S/C13H20Cl3NO4/c1-6-7(2)11(17-12(19)13(14,15)16)8(3)21-10(6)5-20-9(4)18/h6-8,10-11H,5H2,1-4H3,(H,17,19). The Labute approximate surface area is 139 Å². The molecular formula is C13H20Cl3NO4. The van der Waals surface area contributed by atoms with Crippen LogP contribution < -0.4 is 5.32 Å². The number of esters is 1. The maximum Gasteiger partial charge on any atom is 0.302 e. The van der Waals surface area contributed by atoms with Crippen molar-refractivity contribution in [1.29, 1.82) is 0 Å². The minimum atomic E-state index is -2.00. The van der Waals surface area contributed by atoms with Crippen molar-refractivity contribution in [3.8, 4) is 0 Å². The molecule has 1 aliphatic rings. The third-order valence-corrected chi connectivity index (χ3v) is 4.40. The number of amides is 1. The molecule has 122 valence electrons. The number of nitrogens with one attached hydrogen (secondary N) is 1. The lowest BCUT2D eigenvalue weighted by molar-refractivity contribution is -0.162. The van der Waals surface area contributed by atoms with Crippen molar-refractivity contribution in [3.05, 3.63) is 0 Å². The first-order valence-corrected chi connectivity index (χ1v) is 7.84. The van der Waals surface area contributed by atoms with Gasteiger partial charge in [-0.25, -0.2) is 0 Å². The van der Waals surface area contributed by atoms with E-state index in [2.05, 4.69) is 5.32 Å². The number of alkyl halides is 3. The topological polar surface area (TPSA) is 64.6 Å². The Hall–Kier alpha value is -0.230. The van der Waals surface area contributed by atoms with Gasteiger partial charge in [-0.05, 0) is 18.8 Å². The van der Waals surface area contributed by atoms with Gasteiger partial charge < -0.3 is 14.8 Å². The van der Waals surface area contributed by atoms with Gasteiger partial charge in [-0.1, -0.05) is 48.7 Å². The van der Waals surface area contributed by atoms with Crippen LogP contribution in [0.25, 0.3) is 0 Å². The number of halogens is 3. The van der Waals surface area contributed by atoms with Gasteiger partial charge in [-0.15, -0.1) is 0 Å². The van der Waals surface area contributed by atoms with Crippen molar-refractivity contribution in [2.45, 2.75) is 49.7 Å². The van der Waals surface area contributed by atoms with Crippen molar-refractivity contribution in [1.82, 2.24) is 5.32 Å². The number of carbonyl (C=O) groups excluding carboxylic acids is 2. The van der Waals surface area contributed by atoms with Gasteiger partial charge in [-0.2, -0.15) is 0 Å². The molecule has 0 saturated carbocycles. The zero-order valence-corrected chi connectivity index (χ0v) is 14.6. The molecule has 1 aliphatic heterocycles. The molecule has 1 rings (SSSR count). The van der Waals surface area contributed by atoms with Crippen molar-refractivity contribution >= 4 is 46.7 Å². The molecule has 5 atom stereocenters. The molecule has 0 aromatic heterocycles. The van der Waals surface area contributed by atoms with Gasteiger partial charge in [0.25, 0.3) is 9.70 Å². The van der Waals surface area contributed by atoms with Gasteiger partial charge >= 0.3 is 5.97 Å². The summed E-state index contributed by atoms with van der Waals surface area (Å²) in [6.07, 6.45) is -0.507. The second-order valence-electron chi connectivity index (χ2n) is 5.40. The predicted octanol–water partition coefficient (Wildman–Crippen LogP) is 2.46. The summed E-state index contributed by atoms with van der Waals surface area (Å²) in [5.74, 6) is -0.880. The molecule has 0 radical (unpaired) electrons. The van der Waals surface area contributed by atoms with E-state index in [0.29, 0.717) is 0 Å². The summed E-state index contributed by atoms with van der Waals surface area (Å²) in [7, 11) is 0. The van der Waals surface area contributed by atoms with E-state index in [-0.39, 0.29) is 42.7 Å². The van der Waals surface area contributed by atoms with Crippen molar-refractivity contribution < 1.29 is 19.1 Å². The Morgan fingerprint density at radius 3 is 2.24 bits per heavy atom. The van der Waals surface area contributed by atoms with Crippen molar-refractivity contribution in [2.75, 3.05) is 6.61 Å². The summed E-state index contributed by atoms with van der Waals surface area (Å²) < 4.78 is 8.83. The minimum Gasteiger partial charge on any atom is -0.463 e. The molecular weight excluding hydrogens is 341 g/mol. The van der Waals surface area contributed by atoms with E-state index in [9.17, 15) is 9.59 Å². The van der Waals surface area contributed by atoms with Crippen LogP contribution in [-0.2, 0) is 19.1 Å². The summed E-state index contributed by atoms with van der Waals surface area (Å²) in [5.41, 5.74) is 0. The molecule has 5 nitrogen and oxygen atoms in total. The molecule has 0 aromatic carbocycles. The van der Waals surface area contributed by atoms with Gasteiger partial charge in [0.2, 0.25) is 0 Å². The Balaban J connectivity index is 2.71. The Morgan fingerprint density at radius 2 is 1.76 bits per heavy atom. The van der Waals surface area contributed by atoms with E-state index in [4.69, 9.17) is 44.3 Å². The molecule has 21 heavy (non-hydrogen) atoms. The fourth-order valence-corrected chi connectivity index (χ4v) is 2.61. The van der Waals surface area contributed by atoms with Crippen LogP contribution in [0.1, 0.15) is 27.7 Å². The molecule has 0 aromatic rings. The highest BCUT2D eigenvalue weighted by Gasteiger charge is 2.42. The number of hydrogen-bond donors (Lipinski definition) is 1. The van der Waals surface area contributed by atoms with Gasteiger partial charge in [0.05, 0.1) is 18.2 Å². The van der Waals surface area contributed by atoms with Crippen LogP contribution in [0.15, 0.2) is 0 Å². The van der Waals surface area contributed by atoms with Crippen LogP contribution in [0.3, 0.4) is 0 Å². The molecule has 0 bridgehead atoms. The molecule has 5 unspecified atom stereocenters. The average molecular weight is 361 g/mol. The van der Waals surface area contributed by atoms with Crippen LogP contribution >= 0.6 is 34.8 Å². The van der Waals surface area contributed by atoms with E-state index in [1.54, 1.807) is 0 Å². The minimum absolute atomic E-state index is 0.0706. The molecule has 1 heterocycles. The highest BCUT2D eigenvalue weighted by Crippen LogP contribution is 2.33. The second kappa shape index (κ2) is 7.36. The van der Waals surface area contributed by atoms with Gasteiger partial charge in [0.15, 0.2) is 0 Å². The zero-order chi connectivity index (χ0) is 16.4. The molecule has 1 N–H and O–H groups in total. The van der Waals surface area contributed by atoms with E-state index < -0.39 is 9.70 Å². The van der Waals surface area contributed by atoms with E-state index in [1.165, 1.54) is 6.92 Å². The molecule has 1 amide bonds. The Kier molecular flexibility index (Phi) is 6.59. The maximum atomic E-state index is 11.8. The van der Waals surface area contributed by atoms with Gasteiger partial charge in [-0.3, -0.25) is 9.59 Å². The van der Waals surface area contributed by atoms with E-state index in [1.807, 2.05) is 20.8 Å². The molecule has 0 spiro atoms. The van der Waals surface area contributed by atoms with Crippen molar-refractivity contribution in [2.24, 2.45) is 11.8 Å². The largest absolute Gasteiger partial charge is 0.463 e. The number of carbonyl (C=O) groups is 2. The lowest BCUT2D eigenvalue weighted by Crippen LogP contribution is -2.58. The lowest BCUT2D eigenvalue weighted by Gasteiger charge is -2.44. The lowest BCUT2D eigenvalue weighted by atomic mass is 9.80. The Morgan fingerprint density at radius 1 is 1.19 bits per heavy atom. The number of ether oxygens (including phenoxy) is 2. The summed E-state index contributed by atoms with van der Waals surface area (Å²) in [5, 5.41) is 2.71. The summed E-state index contributed by atoms with van der Waals surface area (Å²) in [6, 6.07) is -0.281. The highest BCUT2D eigenvalue weighted by atomic mass is 35.6. The zero-order valence-electron chi connectivity index (χ0n) is 12.4. The second-order valence-corrected chi connectivity index (χ2v) is 7.68. The Bertz CT molecular complexity index is 399. The fraction of sp³-hybridized carbons (Fsp3) is 0.846. The monoisotopic (exact) mass is 359 g/mol. The predicted molar refractivity (Wildman–Crippen MR) is 81.5 cm³/mol. The molecule has 8 heteroatoms. The average Bonchev–Trinajstić information content (AvgIpc) is 2.35. The molecule has 0 aliphatic carbocycles. The molecule has 1 saturated heterocycles. The fourth-order valence-electron chi connectivity index (χ4n) is 2.45. The van der Waals surface area contributed by atoms with Crippen LogP contribution in [0.4, 0.5) is 0 Å². The van der Waals surface area contributed by atoms with Crippen molar-refractivity contribution in [3.63, 3.8) is 0 Å². The van der Waals surface area contributed by atoms with Crippen LogP contribution in [0.2, 0.25) is 0 Å². The maximum absolute atomic E-state index is 11.8. The summed E-state index contributed by atoms with van der Waals surface area (Å²) in [6.45, 7) is 7.32. The van der Waals surface area contributed by atoms with Crippen LogP contribution in [0, 0.1) is 11.8 Å². The number of rotatable bonds is 3. The first-order valence-electron chi connectivity index (χ1n) is 6.70. The normalized spacial score (nSPS) is 33.4. The third-order valence-electron chi connectivity index (χ3n) is 3.88. The number of hydrogen-bond acceptors (Lipinski definition) is 4. The SMILES string of the molecule is CC(=O)OCC1OC(C)C(NC(=O)C(Cl)(Cl)Cl)C(C)C1C. The molecule has 1 fully saturated rings. The quantitative estimate of drug-likeness (QED) is 0.620. The summed E-state index contributed by atoms with van der Waals surface area (Å²) in [4.78, 5) is 22.7. The van der Waals surface area contributed by atoms with Gasteiger partial charge in [0, 0.05) is 6.92 Å². The van der Waals surface area contributed by atoms with Crippen LogP contribution in [0.5, 0.6) is 0 Å². The summed E-state index contributed by atoms with van der Waals surface area (Å²) >= 11 is 16.7. The van der Waals surface area contributed by atoms with Crippen LogP contribution in [-0.4, -0.2) is 40.5 Å². The van der Waals surface area contributed by atoms with E-state index in [0.717, 1.165) is 0 Å². The van der Waals surface area contributed by atoms with Gasteiger partial charge in [0.1, 0.15) is 6.61 Å². The smallest absolute Gasteiger partial charge is 0.302 e. The third kappa shape index (κ3) is 5.16. The highest BCUT2D eigenvalue weighted by molar-refractivity contribution is 6.76. The first kappa shape index (κ1) is 18.8.